The molecule has 2 aromatic carbocycles. The Morgan fingerprint density at radius 2 is 1.80 bits per heavy atom. The molecule has 0 spiro atoms. The van der Waals surface area contributed by atoms with Crippen molar-refractivity contribution >= 4 is 5.91 Å². The second kappa shape index (κ2) is 8.19. The fraction of sp³-hybridized carbons (Fsp3) is 0.409. The van der Waals surface area contributed by atoms with E-state index >= 15 is 0 Å². The van der Waals surface area contributed by atoms with Gasteiger partial charge in [-0.1, -0.05) is 43.3 Å². The van der Waals surface area contributed by atoms with Gasteiger partial charge in [0.05, 0.1) is 6.04 Å². The minimum absolute atomic E-state index is 0.0292. The van der Waals surface area contributed by atoms with E-state index < -0.39 is 6.10 Å². The molecule has 1 N–H and O–H groups in total. The van der Waals surface area contributed by atoms with Gasteiger partial charge in [-0.2, -0.15) is 0 Å². The van der Waals surface area contributed by atoms with Gasteiger partial charge in [0.15, 0.2) is 6.10 Å². The number of nitrogens with one attached hydrogen (secondary N) is 1. The Morgan fingerprint density at radius 3 is 2.52 bits per heavy atom. The lowest BCUT2D eigenvalue weighted by Crippen LogP contribution is -2.38. The first-order valence-electron chi connectivity index (χ1n) is 9.31. The summed E-state index contributed by atoms with van der Waals surface area (Å²) >= 11 is 0. The number of benzene rings is 2. The van der Waals surface area contributed by atoms with Gasteiger partial charge < -0.3 is 10.1 Å². The quantitative estimate of drug-likeness (QED) is 0.836. The number of para-hydroxylation sites is 1. The van der Waals surface area contributed by atoms with Crippen molar-refractivity contribution in [2.24, 2.45) is 0 Å². The molecule has 0 aliphatic heterocycles. The van der Waals surface area contributed by atoms with Crippen LogP contribution in [0.25, 0.3) is 0 Å². The molecule has 0 saturated heterocycles. The summed E-state index contributed by atoms with van der Waals surface area (Å²) in [5.74, 6) is 0.639. The van der Waals surface area contributed by atoms with Crippen LogP contribution in [0.5, 0.6) is 5.75 Å². The fourth-order valence-electron chi connectivity index (χ4n) is 3.44. The second-order valence-electron chi connectivity index (χ2n) is 6.78. The van der Waals surface area contributed by atoms with Crippen molar-refractivity contribution in [3.63, 3.8) is 0 Å². The summed E-state index contributed by atoms with van der Waals surface area (Å²) in [6.45, 7) is 3.90. The van der Waals surface area contributed by atoms with Crippen LogP contribution in [0.1, 0.15) is 55.8 Å². The van der Waals surface area contributed by atoms with Crippen molar-refractivity contribution in [3.05, 3.63) is 65.2 Å². The highest BCUT2D eigenvalue weighted by Crippen LogP contribution is 2.26. The first kappa shape index (κ1) is 17.5. The average molecular weight is 337 g/mol. The molecular weight excluding hydrogens is 310 g/mol. The number of ether oxygens (including phenoxy) is 1. The first-order chi connectivity index (χ1) is 12.2. The molecule has 0 saturated carbocycles. The lowest BCUT2D eigenvalue weighted by Gasteiger charge is -2.23. The van der Waals surface area contributed by atoms with E-state index in [-0.39, 0.29) is 11.9 Å². The van der Waals surface area contributed by atoms with Crippen LogP contribution in [0.15, 0.2) is 48.5 Å². The van der Waals surface area contributed by atoms with Gasteiger partial charge in [0.2, 0.25) is 0 Å². The number of carbonyl (C=O) groups is 1. The maximum Gasteiger partial charge on any atom is 0.261 e. The average Bonchev–Trinajstić information content (AvgIpc) is 2.66. The third kappa shape index (κ3) is 4.41. The van der Waals surface area contributed by atoms with E-state index in [0.717, 1.165) is 12.8 Å². The largest absolute Gasteiger partial charge is 0.481 e. The molecule has 1 aliphatic carbocycles. The van der Waals surface area contributed by atoms with Crippen LogP contribution >= 0.6 is 0 Å². The molecular formula is C22H27NO2. The molecule has 25 heavy (non-hydrogen) atoms. The number of aryl methyl sites for hydroxylation is 2. The summed E-state index contributed by atoms with van der Waals surface area (Å²) in [5, 5.41) is 3.15. The molecule has 2 atom stereocenters. The number of hydrogen-bond donors (Lipinski definition) is 1. The topological polar surface area (TPSA) is 38.3 Å². The zero-order chi connectivity index (χ0) is 17.6. The van der Waals surface area contributed by atoms with Crippen LogP contribution in [-0.4, -0.2) is 12.0 Å². The van der Waals surface area contributed by atoms with Crippen LogP contribution in [0, 0.1) is 0 Å². The molecule has 0 aromatic heterocycles. The molecule has 0 unspecified atom stereocenters. The van der Waals surface area contributed by atoms with Crippen LogP contribution in [-0.2, 0) is 17.6 Å². The molecule has 2 aromatic rings. The van der Waals surface area contributed by atoms with Crippen molar-refractivity contribution < 1.29 is 9.53 Å². The Bertz CT molecular complexity index is 711. The predicted molar refractivity (Wildman–Crippen MR) is 101 cm³/mol. The maximum absolute atomic E-state index is 12.5. The summed E-state index contributed by atoms with van der Waals surface area (Å²) in [7, 11) is 0. The Morgan fingerprint density at radius 1 is 1.08 bits per heavy atom. The molecule has 3 heteroatoms. The summed E-state index contributed by atoms with van der Waals surface area (Å²) in [4.78, 5) is 12.5. The van der Waals surface area contributed by atoms with Crippen molar-refractivity contribution in [1.29, 1.82) is 0 Å². The molecule has 1 aliphatic rings. The fourth-order valence-corrected chi connectivity index (χ4v) is 3.44. The van der Waals surface area contributed by atoms with Gasteiger partial charge >= 0.3 is 0 Å². The minimum atomic E-state index is -0.519. The molecule has 3 rings (SSSR count). The molecule has 0 bridgehead atoms. The van der Waals surface area contributed by atoms with Crippen LogP contribution in [0.2, 0.25) is 0 Å². The summed E-state index contributed by atoms with van der Waals surface area (Å²) in [6.07, 6.45) is 5.23. The van der Waals surface area contributed by atoms with E-state index in [9.17, 15) is 4.79 Å². The summed E-state index contributed by atoms with van der Waals surface area (Å²) in [5.41, 5.74) is 4.12. The summed E-state index contributed by atoms with van der Waals surface area (Å²) in [6, 6.07) is 16.2. The molecule has 0 radical (unpaired) electrons. The van der Waals surface area contributed by atoms with Crippen molar-refractivity contribution in [2.45, 2.75) is 58.1 Å². The number of carbonyl (C=O) groups excluding carboxylic acids is 1. The third-order valence-corrected chi connectivity index (χ3v) is 4.92. The van der Waals surface area contributed by atoms with E-state index in [1.165, 1.54) is 36.0 Å². The minimum Gasteiger partial charge on any atom is -0.481 e. The lowest BCUT2D eigenvalue weighted by atomic mass is 9.89. The zero-order valence-corrected chi connectivity index (χ0v) is 15.1. The van der Waals surface area contributed by atoms with Crippen LogP contribution in [0.4, 0.5) is 0 Å². The van der Waals surface area contributed by atoms with E-state index in [2.05, 4.69) is 30.4 Å². The lowest BCUT2D eigenvalue weighted by molar-refractivity contribution is -0.128. The summed E-state index contributed by atoms with van der Waals surface area (Å²) < 4.78 is 5.74. The third-order valence-electron chi connectivity index (χ3n) is 4.92. The van der Waals surface area contributed by atoms with Gasteiger partial charge in [0.25, 0.3) is 5.91 Å². The second-order valence-corrected chi connectivity index (χ2v) is 6.78. The van der Waals surface area contributed by atoms with Gasteiger partial charge in [-0.15, -0.1) is 0 Å². The number of hydrogen-bond acceptors (Lipinski definition) is 2. The van der Waals surface area contributed by atoms with E-state index in [4.69, 9.17) is 4.74 Å². The van der Waals surface area contributed by atoms with Crippen molar-refractivity contribution in [2.75, 3.05) is 0 Å². The normalized spacial score (nSPS) is 15.8. The molecule has 1 amide bonds. The Balaban J connectivity index is 1.66. The van der Waals surface area contributed by atoms with E-state index in [0.29, 0.717) is 5.75 Å². The maximum atomic E-state index is 12.5. The van der Waals surface area contributed by atoms with Gasteiger partial charge in [-0.25, -0.2) is 0 Å². The highest BCUT2D eigenvalue weighted by molar-refractivity contribution is 5.81. The van der Waals surface area contributed by atoms with Gasteiger partial charge in [-0.3, -0.25) is 4.79 Å². The molecule has 132 valence electrons. The number of rotatable bonds is 6. The number of amides is 1. The van der Waals surface area contributed by atoms with Crippen molar-refractivity contribution in [1.82, 2.24) is 5.32 Å². The van der Waals surface area contributed by atoms with Gasteiger partial charge in [0, 0.05) is 0 Å². The van der Waals surface area contributed by atoms with Crippen molar-refractivity contribution in [3.8, 4) is 5.75 Å². The predicted octanol–water partition coefficient (Wildman–Crippen LogP) is 4.60. The van der Waals surface area contributed by atoms with Crippen LogP contribution in [0.3, 0.4) is 0 Å². The Kier molecular flexibility index (Phi) is 5.75. The zero-order valence-electron chi connectivity index (χ0n) is 15.1. The smallest absolute Gasteiger partial charge is 0.261 e. The SMILES string of the molecule is CC[C@@H](NC(=O)[C@H](C)Oc1ccccc1)c1ccc2c(c1)CCCC2. The Hall–Kier alpha value is -2.29. The Labute approximate surface area is 150 Å². The first-order valence-corrected chi connectivity index (χ1v) is 9.31. The molecule has 0 fully saturated rings. The molecule has 0 heterocycles. The van der Waals surface area contributed by atoms with Gasteiger partial charge in [0.1, 0.15) is 5.75 Å². The van der Waals surface area contributed by atoms with Crippen LogP contribution < -0.4 is 10.1 Å². The standard InChI is InChI=1S/C22H27NO2/c1-3-21(19-14-13-17-9-7-8-10-18(17)15-19)23-22(24)16(2)25-20-11-5-4-6-12-20/h4-6,11-16,21H,3,7-10H2,1-2H3,(H,23,24)/t16-,21+/m0/s1. The monoisotopic (exact) mass is 337 g/mol. The number of fused-ring (bicyclic) bond motifs is 1. The van der Waals surface area contributed by atoms with Gasteiger partial charge in [-0.05, 0) is 67.9 Å². The van der Waals surface area contributed by atoms with E-state index in [1.54, 1.807) is 6.92 Å². The highest BCUT2D eigenvalue weighted by Gasteiger charge is 2.20. The van der Waals surface area contributed by atoms with E-state index in [1.807, 2.05) is 30.3 Å². The highest BCUT2D eigenvalue weighted by atomic mass is 16.5. The molecule has 3 nitrogen and oxygen atoms in total.